The molecular formula is C13H22N4O2S. The standard InChI is InChI=1S/C13H22N4O2S/c1-18-8-5-15-10-12-11-20-13(16-12)17(6-3-4-14)7-9-19-2/h11,15H,3,5-10H2,1-2H3. The summed E-state index contributed by atoms with van der Waals surface area (Å²) in [5.41, 5.74) is 1.01. The van der Waals surface area contributed by atoms with E-state index in [0.29, 0.717) is 26.2 Å². The number of thiazole rings is 1. The number of rotatable bonds is 11. The number of hydrogen-bond donors (Lipinski definition) is 1. The van der Waals surface area contributed by atoms with E-state index in [9.17, 15) is 0 Å². The van der Waals surface area contributed by atoms with Gasteiger partial charge in [-0.25, -0.2) is 4.98 Å². The normalized spacial score (nSPS) is 10.4. The first-order chi connectivity index (χ1) is 9.81. The molecule has 0 atom stereocenters. The molecule has 7 heteroatoms. The summed E-state index contributed by atoms with van der Waals surface area (Å²) in [5.74, 6) is 0. The molecule has 0 aliphatic carbocycles. The van der Waals surface area contributed by atoms with Crippen molar-refractivity contribution in [3.63, 3.8) is 0 Å². The molecule has 0 fully saturated rings. The molecular weight excluding hydrogens is 276 g/mol. The van der Waals surface area contributed by atoms with E-state index in [-0.39, 0.29) is 0 Å². The van der Waals surface area contributed by atoms with Crippen molar-refractivity contribution in [3.8, 4) is 6.07 Å². The van der Waals surface area contributed by atoms with Gasteiger partial charge in [-0.3, -0.25) is 0 Å². The molecule has 0 saturated carbocycles. The van der Waals surface area contributed by atoms with E-state index in [4.69, 9.17) is 14.7 Å². The fourth-order valence-corrected chi connectivity index (χ4v) is 2.48. The summed E-state index contributed by atoms with van der Waals surface area (Å²) in [5, 5.41) is 15.0. The Bertz CT molecular complexity index is 405. The van der Waals surface area contributed by atoms with Crippen molar-refractivity contribution in [3.05, 3.63) is 11.1 Å². The van der Waals surface area contributed by atoms with Crippen molar-refractivity contribution in [1.82, 2.24) is 10.3 Å². The van der Waals surface area contributed by atoms with E-state index in [1.165, 1.54) is 0 Å². The van der Waals surface area contributed by atoms with Crippen LogP contribution in [0.1, 0.15) is 12.1 Å². The zero-order chi connectivity index (χ0) is 14.6. The topological polar surface area (TPSA) is 70.4 Å². The molecule has 6 nitrogen and oxygen atoms in total. The van der Waals surface area contributed by atoms with Crippen molar-refractivity contribution in [2.75, 3.05) is 52.0 Å². The Labute approximate surface area is 124 Å². The summed E-state index contributed by atoms with van der Waals surface area (Å²) in [7, 11) is 3.36. The van der Waals surface area contributed by atoms with E-state index in [1.807, 2.05) is 5.38 Å². The maximum absolute atomic E-state index is 8.71. The lowest BCUT2D eigenvalue weighted by Crippen LogP contribution is -2.28. The quantitative estimate of drug-likeness (QED) is 0.620. The van der Waals surface area contributed by atoms with Gasteiger partial charge in [-0.1, -0.05) is 0 Å². The number of nitriles is 1. The van der Waals surface area contributed by atoms with Crippen molar-refractivity contribution >= 4 is 16.5 Å². The molecule has 112 valence electrons. The Balaban J connectivity index is 2.49. The summed E-state index contributed by atoms with van der Waals surface area (Å²) < 4.78 is 10.1. The zero-order valence-corrected chi connectivity index (χ0v) is 12.9. The lowest BCUT2D eigenvalue weighted by molar-refractivity contribution is 0.199. The molecule has 1 heterocycles. The van der Waals surface area contributed by atoms with Gasteiger partial charge in [0.2, 0.25) is 0 Å². The minimum absolute atomic E-state index is 0.491. The Morgan fingerprint density at radius 1 is 1.35 bits per heavy atom. The van der Waals surface area contributed by atoms with Crippen molar-refractivity contribution in [1.29, 1.82) is 5.26 Å². The SMILES string of the molecule is COCCNCc1csc(N(CCC#N)CCOC)n1. The smallest absolute Gasteiger partial charge is 0.185 e. The second-order valence-electron chi connectivity index (χ2n) is 4.18. The second-order valence-corrected chi connectivity index (χ2v) is 5.02. The number of hydrogen-bond acceptors (Lipinski definition) is 7. The van der Waals surface area contributed by atoms with Crippen molar-refractivity contribution in [2.45, 2.75) is 13.0 Å². The van der Waals surface area contributed by atoms with E-state index in [1.54, 1.807) is 25.6 Å². The summed E-state index contributed by atoms with van der Waals surface area (Å²) >= 11 is 1.60. The van der Waals surface area contributed by atoms with Crippen LogP contribution in [0.25, 0.3) is 0 Å². The van der Waals surface area contributed by atoms with Crippen LogP contribution in [0.4, 0.5) is 5.13 Å². The van der Waals surface area contributed by atoms with Gasteiger partial charge in [-0.05, 0) is 0 Å². The average Bonchev–Trinajstić information content (AvgIpc) is 2.92. The van der Waals surface area contributed by atoms with Gasteiger partial charge in [0, 0.05) is 45.8 Å². The molecule has 0 bridgehead atoms. The molecule has 0 aliphatic heterocycles. The number of nitrogens with one attached hydrogen (secondary N) is 1. The van der Waals surface area contributed by atoms with Crippen LogP contribution in [-0.4, -0.2) is 52.1 Å². The highest BCUT2D eigenvalue weighted by Crippen LogP contribution is 2.20. The predicted molar refractivity (Wildman–Crippen MR) is 80.0 cm³/mol. The van der Waals surface area contributed by atoms with E-state index in [2.05, 4.69) is 21.3 Å². The van der Waals surface area contributed by atoms with Gasteiger partial charge in [0.15, 0.2) is 5.13 Å². The Morgan fingerprint density at radius 2 is 2.15 bits per heavy atom. The minimum atomic E-state index is 0.491. The number of methoxy groups -OCH3 is 2. The van der Waals surface area contributed by atoms with Crippen LogP contribution in [0.2, 0.25) is 0 Å². The highest BCUT2D eigenvalue weighted by Gasteiger charge is 2.10. The van der Waals surface area contributed by atoms with Crippen LogP contribution in [0, 0.1) is 11.3 Å². The summed E-state index contributed by atoms with van der Waals surface area (Å²) in [4.78, 5) is 6.68. The van der Waals surface area contributed by atoms with Crippen molar-refractivity contribution in [2.24, 2.45) is 0 Å². The van der Waals surface area contributed by atoms with Gasteiger partial charge >= 0.3 is 0 Å². The molecule has 0 aliphatic rings. The second kappa shape index (κ2) is 10.6. The minimum Gasteiger partial charge on any atom is -0.383 e. The van der Waals surface area contributed by atoms with Crippen LogP contribution in [0.5, 0.6) is 0 Å². The Morgan fingerprint density at radius 3 is 2.85 bits per heavy atom. The maximum atomic E-state index is 8.71. The third-order valence-electron chi connectivity index (χ3n) is 2.66. The number of nitrogens with zero attached hydrogens (tertiary/aromatic N) is 3. The Hall–Kier alpha value is -1.20. The number of anilines is 1. The van der Waals surface area contributed by atoms with Gasteiger partial charge in [0.25, 0.3) is 0 Å². The van der Waals surface area contributed by atoms with E-state index in [0.717, 1.165) is 30.5 Å². The van der Waals surface area contributed by atoms with Gasteiger partial charge in [-0.2, -0.15) is 5.26 Å². The van der Waals surface area contributed by atoms with Gasteiger partial charge in [0.1, 0.15) is 0 Å². The molecule has 0 saturated heterocycles. The number of ether oxygens (including phenoxy) is 2. The summed E-state index contributed by atoms with van der Waals surface area (Å²) in [6, 6.07) is 2.17. The Kier molecular flexibility index (Phi) is 8.91. The van der Waals surface area contributed by atoms with Crippen LogP contribution in [0.15, 0.2) is 5.38 Å². The van der Waals surface area contributed by atoms with Crippen LogP contribution in [0.3, 0.4) is 0 Å². The lowest BCUT2D eigenvalue weighted by Gasteiger charge is -2.19. The molecule has 0 unspecified atom stereocenters. The first-order valence-corrected chi connectivity index (χ1v) is 7.44. The van der Waals surface area contributed by atoms with Gasteiger partial charge in [0.05, 0.1) is 31.4 Å². The van der Waals surface area contributed by atoms with Gasteiger partial charge in [-0.15, -0.1) is 11.3 Å². The van der Waals surface area contributed by atoms with Crippen LogP contribution < -0.4 is 10.2 Å². The van der Waals surface area contributed by atoms with Crippen LogP contribution in [-0.2, 0) is 16.0 Å². The maximum Gasteiger partial charge on any atom is 0.185 e. The van der Waals surface area contributed by atoms with Crippen molar-refractivity contribution < 1.29 is 9.47 Å². The summed E-state index contributed by atoms with van der Waals surface area (Å²) in [6.45, 7) is 4.30. The molecule has 1 aromatic heterocycles. The highest BCUT2D eigenvalue weighted by atomic mass is 32.1. The fraction of sp³-hybridized carbons (Fsp3) is 0.692. The molecule has 1 N–H and O–H groups in total. The van der Waals surface area contributed by atoms with Crippen LogP contribution >= 0.6 is 11.3 Å². The summed E-state index contributed by atoms with van der Waals surface area (Å²) in [6.07, 6.45) is 0.491. The lowest BCUT2D eigenvalue weighted by atomic mass is 10.4. The third kappa shape index (κ3) is 6.30. The molecule has 0 radical (unpaired) electrons. The number of aromatic nitrogens is 1. The molecule has 0 amide bonds. The first kappa shape index (κ1) is 16.9. The molecule has 0 aromatic carbocycles. The fourth-order valence-electron chi connectivity index (χ4n) is 1.60. The molecule has 1 aromatic rings. The first-order valence-electron chi connectivity index (χ1n) is 6.56. The van der Waals surface area contributed by atoms with E-state index >= 15 is 0 Å². The monoisotopic (exact) mass is 298 g/mol. The largest absolute Gasteiger partial charge is 0.383 e. The third-order valence-corrected chi connectivity index (χ3v) is 3.61. The molecule has 1 rings (SSSR count). The van der Waals surface area contributed by atoms with E-state index < -0.39 is 0 Å². The van der Waals surface area contributed by atoms with Gasteiger partial charge < -0.3 is 19.7 Å². The average molecular weight is 298 g/mol. The zero-order valence-electron chi connectivity index (χ0n) is 12.1. The molecule has 0 spiro atoms. The highest BCUT2D eigenvalue weighted by molar-refractivity contribution is 7.13. The predicted octanol–water partition coefficient (Wildman–Crippen LogP) is 1.25. The molecule has 20 heavy (non-hydrogen) atoms.